The number of nitrogens with zero attached hydrogens (tertiary/aromatic N) is 3. The minimum Gasteiger partial charge on any atom is -0.384 e. The highest BCUT2D eigenvalue weighted by molar-refractivity contribution is 6.31. The van der Waals surface area contributed by atoms with Crippen molar-refractivity contribution in [2.75, 3.05) is 5.73 Å². The van der Waals surface area contributed by atoms with Crippen LogP contribution in [0.2, 0.25) is 10.0 Å². The SMILES string of the molecule is Nc1cc(-c2c[nH]c3ccc(Cl)cc23)nc2cc(-c3c[nH]c4ccc(Cl)cc34)nn12. The molecule has 0 amide bonds. The molecule has 0 saturated carbocycles. The van der Waals surface area contributed by atoms with Gasteiger partial charge in [0.25, 0.3) is 0 Å². The van der Waals surface area contributed by atoms with Crippen LogP contribution in [-0.2, 0) is 0 Å². The molecule has 0 atom stereocenters. The van der Waals surface area contributed by atoms with E-state index in [-0.39, 0.29) is 0 Å². The van der Waals surface area contributed by atoms with Crippen molar-refractivity contribution in [2.45, 2.75) is 0 Å². The van der Waals surface area contributed by atoms with E-state index < -0.39 is 0 Å². The number of fused-ring (bicyclic) bond motifs is 3. The summed E-state index contributed by atoms with van der Waals surface area (Å²) in [4.78, 5) is 11.3. The first-order valence-electron chi connectivity index (χ1n) is 9.27. The molecular weight excluding hydrogens is 419 g/mol. The Morgan fingerprint density at radius 1 is 0.767 bits per heavy atom. The van der Waals surface area contributed by atoms with E-state index in [0.717, 1.165) is 44.3 Å². The van der Waals surface area contributed by atoms with Gasteiger partial charge in [-0.25, -0.2) is 4.98 Å². The number of rotatable bonds is 2. The molecule has 0 spiro atoms. The van der Waals surface area contributed by atoms with Crippen molar-refractivity contribution in [3.63, 3.8) is 0 Å². The summed E-state index contributed by atoms with van der Waals surface area (Å²) in [6, 6.07) is 15.2. The highest BCUT2D eigenvalue weighted by Gasteiger charge is 2.15. The second-order valence-corrected chi connectivity index (χ2v) is 8.02. The number of aromatic nitrogens is 5. The number of hydrogen-bond acceptors (Lipinski definition) is 3. The van der Waals surface area contributed by atoms with E-state index in [1.165, 1.54) is 0 Å². The van der Waals surface area contributed by atoms with Crippen LogP contribution in [0.4, 0.5) is 5.82 Å². The van der Waals surface area contributed by atoms with Crippen molar-refractivity contribution in [3.05, 3.63) is 71.0 Å². The third-order valence-corrected chi connectivity index (χ3v) is 5.76. The summed E-state index contributed by atoms with van der Waals surface area (Å²) in [5.74, 6) is 0.496. The van der Waals surface area contributed by atoms with Gasteiger partial charge >= 0.3 is 0 Å². The van der Waals surface area contributed by atoms with Gasteiger partial charge in [0.2, 0.25) is 0 Å². The maximum Gasteiger partial charge on any atom is 0.158 e. The van der Waals surface area contributed by atoms with Gasteiger partial charge in [-0.3, -0.25) is 0 Å². The summed E-state index contributed by atoms with van der Waals surface area (Å²) in [6.07, 6.45) is 3.83. The summed E-state index contributed by atoms with van der Waals surface area (Å²) >= 11 is 12.4. The van der Waals surface area contributed by atoms with Crippen LogP contribution in [0.3, 0.4) is 0 Å². The molecule has 6 nitrogen and oxygen atoms in total. The molecule has 0 radical (unpaired) electrons. The lowest BCUT2D eigenvalue weighted by molar-refractivity contribution is 0.958. The number of aromatic amines is 2. The highest BCUT2D eigenvalue weighted by atomic mass is 35.5. The molecule has 4 N–H and O–H groups in total. The van der Waals surface area contributed by atoms with Crippen LogP contribution in [0.1, 0.15) is 0 Å². The number of anilines is 1. The second kappa shape index (κ2) is 6.26. The molecule has 0 aliphatic rings. The number of H-pyrrole nitrogens is 2. The van der Waals surface area contributed by atoms with Crippen molar-refractivity contribution >= 4 is 56.5 Å². The molecule has 30 heavy (non-hydrogen) atoms. The molecule has 6 rings (SSSR count). The zero-order valence-corrected chi connectivity index (χ0v) is 17.0. The fraction of sp³-hybridized carbons (Fsp3) is 0. The van der Waals surface area contributed by atoms with E-state index in [4.69, 9.17) is 33.9 Å². The first-order chi connectivity index (χ1) is 14.6. The fourth-order valence-corrected chi connectivity index (χ4v) is 4.22. The minimum atomic E-state index is 0.496. The van der Waals surface area contributed by atoms with Gasteiger partial charge in [-0.05, 0) is 36.4 Å². The summed E-state index contributed by atoms with van der Waals surface area (Å²) in [6.45, 7) is 0. The minimum absolute atomic E-state index is 0.496. The van der Waals surface area contributed by atoms with Crippen LogP contribution in [0.25, 0.3) is 50.0 Å². The molecule has 0 bridgehead atoms. The predicted molar refractivity (Wildman–Crippen MR) is 122 cm³/mol. The highest BCUT2D eigenvalue weighted by Crippen LogP contribution is 2.33. The molecule has 4 heterocycles. The van der Waals surface area contributed by atoms with Gasteiger partial charge in [0.15, 0.2) is 5.65 Å². The van der Waals surface area contributed by atoms with E-state index in [0.29, 0.717) is 21.5 Å². The number of benzene rings is 2. The maximum absolute atomic E-state index is 6.34. The van der Waals surface area contributed by atoms with Crippen LogP contribution < -0.4 is 5.73 Å². The quantitative estimate of drug-likeness (QED) is 0.317. The Morgan fingerprint density at radius 2 is 1.37 bits per heavy atom. The smallest absolute Gasteiger partial charge is 0.158 e. The van der Waals surface area contributed by atoms with Gasteiger partial charge in [0, 0.05) is 67.5 Å². The van der Waals surface area contributed by atoms with Gasteiger partial charge in [-0.2, -0.15) is 9.61 Å². The molecule has 0 fully saturated rings. The number of nitrogen functional groups attached to an aromatic ring is 1. The first-order valence-corrected chi connectivity index (χ1v) is 10.0. The lowest BCUT2D eigenvalue weighted by atomic mass is 10.1. The number of nitrogens with two attached hydrogens (primary N) is 1. The molecule has 6 aromatic rings. The lowest BCUT2D eigenvalue weighted by Crippen LogP contribution is -2.01. The average molecular weight is 433 g/mol. The predicted octanol–water partition coefficient (Wildman–Crippen LogP) is 5.91. The molecule has 146 valence electrons. The van der Waals surface area contributed by atoms with Crippen molar-refractivity contribution in [1.29, 1.82) is 0 Å². The van der Waals surface area contributed by atoms with Gasteiger partial charge in [0.1, 0.15) is 5.82 Å². The Hall–Kier alpha value is -3.48. The molecular formula is C22H14Cl2N6. The molecule has 0 saturated heterocycles. The van der Waals surface area contributed by atoms with Crippen molar-refractivity contribution in [2.24, 2.45) is 0 Å². The normalized spacial score (nSPS) is 11.8. The Morgan fingerprint density at radius 3 is 2.00 bits per heavy atom. The lowest BCUT2D eigenvalue weighted by Gasteiger charge is -2.03. The monoisotopic (exact) mass is 432 g/mol. The molecule has 2 aromatic carbocycles. The van der Waals surface area contributed by atoms with Gasteiger partial charge in [-0.1, -0.05) is 23.2 Å². The Kier molecular flexibility index (Phi) is 3.63. The van der Waals surface area contributed by atoms with E-state index >= 15 is 0 Å². The van der Waals surface area contributed by atoms with E-state index in [1.807, 2.05) is 60.9 Å². The average Bonchev–Trinajstić information content (AvgIpc) is 3.43. The molecule has 8 heteroatoms. The maximum atomic E-state index is 6.34. The summed E-state index contributed by atoms with van der Waals surface area (Å²) in [5, 5.41) is 8.00. The molecule has 4 aromatic heterocycles. The van der Waals surface area contributed by atoms with Crippen molar-refractivity contribution in [3.8, 4) is 22.5 Å². The summed E-state index contributed by atoms with van der Waals surface area (Å²) < 4.78 is 1.64. The topological polar surface area (TPSA) is 87.8 Å². The summed E-state index contributed by atoms with van der Waals surface area (Å²) in [5.41, 5.74) is 12.4. The van der Waals surface area contributed by atoms with E-state index in [9.17, 15) is 0 Å². The van der Waals surface area contributed by atoms with Crippen LogP contribution >= 0.6 is 23.2 Å². The zero-order valence-electron chi connectivity index (χ0n) is 15.4. The second-order valence-electron chi connectivity index (χ2n) is 7.15. The van der Waals surface area contributed by atoms with Gasteiger partial charge in [-0.15, -0.1) is 0 Å². The number of nitrogens with one attached hydrogen (secondary N) is 2. The van der Waals surface area contributed by atoms with Crippen molar-refractivity contribution < 1.29 is 0 Å². The van der Waals surface area contributed by atoms with Gasteiger partial charge in [0.05, 0.1) is 11.4 Å². The van der Waals surface area contributed by atoms with Crippen LogP contribution in [0, 0.1) is 0 Å². The Balaban J connectivity index is 1.54. The van der Waals surface area contributed by atoms with E-state index in [1.54, 1.807) is 4.52 Å². The molecule has 0 aliphatic heterocycles. The molecule has 0 aliphatic carbocycles. The third-order valence-electron chi connectivity index (χ3n) is 5.29. The van der Waals surface area contributed by atoms with Crippen molar-refractivity contribution in [1.82, 2.24) is 24.6 Å². The fourth-order valence-electron chi connectivity index (χ4n) is 3.88. The zero-order chi connectivity index (χ0) is 20.4. The van der Waals surface area contributed by atoms with Crippen LogP contribution in [-0.4, -0.2) is 24.6 Å². The van der Waals surface area contributed by atoms with Crippen LogP contribution in [0.15, 0.2) is 60.9 Å². The standard InChI is InChI=1S/C22H14Cl2N6/c23-11-1-3-17-13(5-11)15(9-26-17)19-7-21(25)30-22(28-19)8-20(29-30)16-10-27-18-4-2-12(24)6-14(16)18/h1-10,26-27H,25H2. The molecule has 0 unspecified atom stereocenters. The first kappa shape index (κ1) is 17.4. The van der Waals surface area contributed by atoms with E-state index in [2.05, 4.69) is 15.1 Å². The van der Waals surface area contributed by atoms with Gasteiger partial charge < -0.3 is 15.7 Å². The third kappa shape index (κ3) is 2.58. The number of hydrogen-bond donors (Lipinski definition) is 3. The van der Waals surface area contributed by atoms with Crippen LogP contribution in [0.5, 0.6) is 0 Å². The number of halogens is 2. The summed E-state index contributed by atoms with van der Waals surface area (Å²) in [7, 11) is 0. The largest absolute Gasteiger partial charge is 0.384 e. The Labute approximate surface area is 180 Å². The Bertz CT molecular complexity index is 1590.